The lowest BCUT2D eigenvalue weighted by molar-refractivity contribution is -0.384. The smallest absolute Gasteiger partial charge is 0.269 e. The van der Waals surface area contributed by atoms with E-state index in [1.165, 1.54) is 38.2 Å². The Balaban J connectivity index is 1.98. The van der Waals surface area contributed by atoms with E-state index in [9.17, 15) is 10.1 Å². The molecule has 126 valence electrons. The third-order valence-corrected chi connectivity index (χ3v) is 5.00. The lowest BCUT2D eigenvalue weighted by Gasteiger charge is -2.17. The number of amidine groups is 1. The zero-order chi connectivity index (χ0) is 16.7. The number of non-ortho nitro benzene ring substituents is 1. The average Bonchev–Trinajstić information content (AvgIpc) is 2.96. The SMILES string of the molecule is CCCCCCCN1CCSC1=Nc1ccc([N+](=O)[O-])cc1C. The number of nitro groups is 1. The number of nitrogens with zero attached hydrogens (tertiary/aromatic N) is 3. The highest BCUT2D eigenvalue weighted by Crippen LogP contribution is 2.28. The third-order valence-electron chi connectivity index (χ3n) is 4.00. The van der Waals surface area contributed by atoms with Gasteiger partial charge in [-0.25, -0.2) is 4.99 Å². The van der Waals surface area contributed by atoms with Crippen molar-refractivity contribution in [3.8, 4) is 0 Å². The molecule has 1 aliphatic rings. The van der Waals surface area contributed by atoms with Gasteiger partial charge in [-0.15, -0.1) is 0 Å². The first-order chi connectivity index (χ1) is 11.1. The van der Waals surface area contributed by atoms with E-state index < -0.39 is 0 Å². The second-order valence-electron chi connectivity index (χ2n) is 5.87. The number of benzene rings is 1. The van der Waals surface area contributed by atoms with Crippen LogP contribution < -0.4 is 0 Å². The number of rotatable bonds is 8. The molecule has 0 radical (unpaired) electrons. The van der Waals surface area contributed by atoms with Gasteiger partial charge in [0.25, 0.3) is 5.69 Å². The largest absolute Gasteiger partial charge is 0.350 e. The van der Waals surface area contributed by atoms with E-state index in [1.807, 2.05) is 6.92 Å². The fourth-order valence-electron chi connectivity index (χ4n) is 2.63. The molecule has 6 heteroatoms. The molecule has 1 heterocycles. The van der Waals surface area contributed by atoms with Gasteiger partial charge in [-0.1, -0.05) is 44.4 Å². The van der Waals surface area contributed by atoms with Crippen LogP contribution in [-0.4, -0.2) is 33.8 Å². The molecule has 1 aromatic rings. The zero-order valence-corrected chi connectivity index (χ0v) is 14.8. The van der Waals surface area contributed by atoms with Crippen molar-refractivity contribution in [3.63, 3.8) is 0 Å². The van der Waals surface area contributed by atoms with Crippen LogP contribution in [0.4, 0.5) is 11.4 Å². The molecule has 0 saturated carbocycles. The van der Waals surface area contributed by atoms with Gasteiger partial charge in [0, 0.05) is 31.0 Å². The van der Waals surface area contributed by atoms with Crippen LogP contribution in [0.25, 0.3) is 0 Å². The first-order valence-electron chi connectivity index (χ1n) is 8.33. The van der Waals surface area contributed by atoms with E-state index >= 15 is 0 Å². The van der Waals surface area contributed by atoms with Crippen LogP contribution in [0.5, 0.6) is 0 Å². The van der Waals surface area contributed by atoms with Gasteiger partial charge in [0.15, 0.2) is 5.17 Å². The van der Waals surface area contributed by atoms with Crippen molar-refractivity contribution in [3.05, 3.63) is 33.9 Å². The highest BCUT2D eigenvalue weighted by atomic mass is 32.2. The summed E-state index contributed by atoms with van der Waals surface area (Å²) in [4.78, 5) is 17.5. The molecule has 0 aromatic heterocycles. The summed E-state index contributed by atoms with van der Waals surface area (Å²) in [5.74, 6) is 1.07. The van der Waals surface area contributed by atoms with Gasteiger partial charge in [0.05, 0.1) is 10.6 Å². The van der Waals surface area contributed by atoms with E-state index in [0.717, 1.165) is 35.3 Å². The van der Waals surface area contributed by atoms with Gasteiger partial charge >= 0.3 is 0 Å². The number of unbranched alkanes of at least 4 members (excludes halogenated alkanes) is 4. The molecule has 5 nitrogen and oxygen atoms in total. The first kappa shape index (κ1) is 17.8. The van der Waals surface area contributed by atoms with Crippen LogP contribution in [0.3, 0.4) is 0 Å². The van der Waals surface area contributed by atoms with Gasteiger partial charge in [-0.2, -0.15) is 0 Å². The van der Waals surface area contributed by atoms with Crippen molar-refractivity contribution in [2.45, 2.75) is 46.0 Å². The number of thioether (sulfide) groups is 1. The summed E-state index contributed by atoms with van der Waals surface area (Å²) < 4.78 is 0. The van der Waals surface area contributed by atoms with Crippen LogP contribution in [0.15, 0.2) is 23.2 Å². The lowest BCUT2D eigenvalue weighted by atomic mass is 10.1. The fourth-order valence-corrected chi connectivity index (χ4v) is 3.65. The molecule has 23 heavy (non-hydrogen) atoms. The van der Waals surface area contributed by atoms with E-state index in [1.54, 1.807) is 23.9 Å². The second kappa shape index (κ2) is 8.91. The Morgan fingerprint density at radius 3 is 2.78 bits per heavy atom. The number of aryl methyl sites for hydroxylation is 1. The van der Waals surface area contributed by atoms with Crippen LogP contribution in [0, 0.1) is 17.0 Å². The van der Waals surface area contributed by atoms with Crippen LogP contribution in [0.2, 0.25) is 0 Å². The Morgan fingerprint density at radius 1 is 1.30 bits per heavy atom. The summed E-state index contributed by atoms with van der Waals surface area (Å²) in [5.41, 5.74) is 1.80. The maximum absolute atomic E-state index is 10.8. The summed E-state index contributed by atoms with van der Waals surface area (Å²) in [5, 5.41) is 11.9. The van der Waals surface area contributed by atoms with E-state index in [-0.39, 0.29) is 10.6 Å². The predicted molar refractivity (Wildman–Crippen MR) is 97.7 cm³/mol. The van der Waals surface area contributed by atoms with Gasteiger partial charge in [-0.3, -0.25) is 10.1 Å². The Morgan fingerprint density at radius 2 is 2.09 bits per heavy atom. The number of aliphatic imine (C=N–C) groups is 1. The minimum absolute atomic E-state index is 0.123. The molecule has 1 saturated heterocycles. The van der Waals surface area contributed by atoms with Crippen molar-refractivity contribution >= 4 is 28.3 Å². The quantitative estimate of drug-likeness (QED) is 0.385. The Bertz CT molecular complexity index is 575. The van der Waals surface area contributed by atoms with Crippen molar-refractivity contribution < 1.29 is 4.92 Å². The van der Waals surface area contributed by atoms with Gasteiger partial charge in [0.2, 0.25) is 0 Å². The summed E-state index contributed by atoms with van der Waals surface area (Å²) in [6.07, 6.45) is 6.38. The molecule has 2 rings (SSSR count). The summed E-state index contributed by atoms with van der Waals surface area (Å²) in [6, 6.07) is 4.87. The van der Waals surface area contributed by atoms with Crippen LogP contribution in [-0.2, 0) is 0 Å². The molecule has 0 N–H and O–H groups in total. The highest BCUT2D eigenvalue weighted by Gasteiger charge is 2.19. The molecule has 1 aromatic carbocycles. The predicted octanol–water partition coefficient (Wildman–Crippen LogP) is 4.91. The number of hydrogen-bond acceptors (Lipinski definition) is 4. The molecule has 0 amide bonds. The number of hydrogen-bond donors (Lipinski definition) is 0. The van der Waals surface area contributed by atoms with Gasteiger partial charge in [0.1, 0.15) is 0 Å². The topological polar surface area (TPSA) is 58.7 Å². The average molecular weight is 335 g/mol. The highest BCUT2D eigenvalue weighted by molar-refractivity contribution is 8.14. The second-order valence-corrected chi connectivity index (χ2v) is 6.93. The van der Waals surface area contributed by atoms with Gasteiger partial charge in [-0.05, 0) is 25.0 Å². The standard InChI is InChI=1S/C17H25N3O2S/c1-3-4-5-6-7-10-19-11-12-23-17(19)18-16-9-8-15(20(21)22)13-14(16)2/h8-9,13H,3-7,10-12H2,1-2H3. The molecule has 0 aliphatic carbocycles. The Kier molecular flexibility index (Phi) is 6.89. The molecular weight excluding hydrogens is 310 g/mol. The minimum Gasteiger partial charge on any atom is -0.350 e. The molecule has 0 unspecified atom stereocenters. The fraction of sp³-hybridized carbons (Fsp3) is 0.588. The van der Waals surface area contributed by atoms with Crippen LogP contribution >= 0.6 is 11.8 Å². The maximum Gasteiger partial charge on any atom is 0.269 e. The molecular formula is C17H25N3O2S. The number of nitro benzene ring substituents is 1. The maximum atomic E-state index is 10.8. The molecule has 0 atom stereocenters. The van der Waals surface area contributed by atoms with E-state index in [2.05, 4.69) is 11.8 Å². The molecule has 1 aliphatic heterocycles. The summed E-state index contributed by atoms with van der Waals surface area (Å²) in [7, 11) is 0. The Hall–Kier alpha value is -1.56. The van der Waals surface area contributed by atoms with Gasteiger partial charge < -0.3 is 4.90 Å². The van der Waals surface area contributed by atoms with Crippen molar-refractivity contribution in [1.82, 2.24) is 4.90 Å². The van der Waals surface area contributed by atoms with Crippen LogP contribution in [0.1, 0.15) is 44.6 Å². The molecule has 0 bridgehead atoms. The molecule has 1 fully saturated rings. The first-order valence-corrected chi connectivity index (χ1v) is 9.32. The summed E-state index contributed by atoms with van der Waals surface area (Å²) in [6.45, 7) is 6.21. The van der Waals surface area contributed by atoms with Crippen molar-refractivity contribution in [2.75, 3.05) is 18.8 Å². The van der Waals surface area contributed by atoms with Crippen molar-refractivity contribution in [2.24, 2.45) is 4.99 Å². The normalized spacial score (nSPS) is 16.3. The Labute approximate surface area is 142 Å². The zero-order valence-electron chi connectivity index (χ0n) is 14.0. The van der Waals surface area contributed by atoms with E-state index in [4.69, 9.17) is 4.99 Å². The summed E-state index contributed by atoms with van der Waals surface area (Å²) >= 11 is 1.77. The molecule has 0 spiro atoms. The lowest BCUT2D eigenvalue weighted by Crippen LogP contribution is -2.25. The minimum atomic E-state index is -0.364. The van der Waals surface area contributed by atoms with E-state index in [0.29, 0.717) is 0 Å². The third kappa shape index (κ3) is 5.23. The monoisotopic (exact) mass is 335 g/mol. The van der Waals surface area contributed by atoms with Crippen molar-refractivity contribution in [1.29, 1.82) is 0 Å².